The van der Waals surface area contributed by atoms with Crippen LogP contribution in [0.15, 0.2) is 60.7 Å². The van der Waals surface area contributed by atoms with Crippen LogP contribution in [0.2, 0.25) is 0 Å². The first kappa shape index (κ1) is 23.6. The van der Waals surface area contributed by atoms with Gasteiger partial charge in [-0.15, -0.1) is 0 Å². The highest BCUT2D eigenvalue weighted by Crippen LogP contribution is 2.35. The van der Waals surface area contributed by atoms with Gasteiger partial charge in [0.25, 0.3) is 5.91 Å². The van der Waals surface area contributed by atoms with E-state index in [1.54, 1.807) is 50.2 Å². The molecule has 0 aliphatic rings. The summed E-state index contributed by atoms with van der Waals surface area (Å²) in [6.07, 6.45) is -0.871. The van der Waals surface area contributed by atoms with Crippen molar-refractivity contribution in [1.29, 1.82) is 0 Å². The average Bonchev–Trinajstić information content (AvgIpc) is 2.83. The first-order chi connectivity index (χ1) is 16.0. The average molecular weight is 450 g/mol. The Balaban J connectivity index is 2.11. The lowest BCUT2D eigenvalue weighted by molar-refractivity contribution is 0.102. The Hall–Kier alpha value is -4.07. The topological polar surface area (TPSA) is 97.0 Å². The Morgan fingerprint density at radius 3 is 2.24 bits per heavy atom. The summed E-state index contributed by atoms with van der Waals surface area (Å²) in [4.78, 5) is 37.7. The van der Waals surface area contributed by atoms with E-state index in [2.05, 4.69) is 10.7 Å². The number of hydrogen-bond donors (Lipinski definition) is 2. The maximum atomic E-state index is 12.8. The molecule has 0 atom stereocenters. The molecule has 172 valence electrons. The van der Waals surface area contributed by atoms with E-state index < -0.39 is 12.2 Å². The molecule has 0 bridgehead atoms. The number of ether oxygens (including phenoxy) is 2. The number of nitrogens with zero attached hydrogens (tertiary/aromatic N) is 1. The molecule has 3 amide bonds. The second-order valence-electron chi connectivity index (χ2n) is 7.01. The molecule has 2 N–H and O–H groups in total. The van der Waals surface area contributed by atoms with E-state index in [9.17, 15) is 14.4 Å². The number of fused-ring (bicyclic) bond motifs is 1. The number of amides is 3. The second-order valence-corrected chi connectivity index (χ2v) is 7.01. The third-order valence-corrected chi connectivity index (χ3v) is 4.94. The molecule has 3 aromatic rings. The van der Waals surface area contributed by atoms with Gasteiger partial charge in [0.1, 0.15) is 0 Å². The smallest absolute Gasteiger partial charge is 0.433 e. The molecule has 0 saturated carbocycles. The number of benzene rings is 3. The van der Waals surface area contributed by atoms with E-state index >= 15 is 0 Å². The summed E-state index contributed by atoms with van der Waals surface area (Å²) in [5, 5.41) is 5.40. The Morgan fingerprint density at radius 1 is 0.848 bits per heavy atom. The van der Waals surface area contributed by atoms with Crippen molar-refractivity contribution in [1.82, 2.24) is 5.43 Å². The maximum Gasteiger partial charge on any atom is 0.433 e. The van der Waals surface area contributed by atoms with Crippen LogP contribution in [0.1, 0.15) is 36.7 Å². The third-order valence-electron chi connectivity index (χ3n) is 4.94. The lowest BCUT2D eigenvalue weighted by Crippen LogP contribution is -2.47. The van der Waals surface area contributed by atoms with Gasteiger partial charge in [0.2, 0.25) is 0 Å². The summed E-state index contributed by atoms with van der Waals surface area (Å²) in [6, 6.07) is 17.9. The van der Waals surface area contributed by atoms with Gasteiger partial charge >= 0.3 is 12.2 Å². The Morgan fingerprint density at radius 2 is 1.58 bits per heavy atom. The van der Waals surface area contributed by atoms with Crippen LogP contribution < -0.4 is 15.8 Å². The number of hydrazine groups is 1. The fourth-order valence-corrected chi connectivity index (χ4v) is 3.48. The van der Waals surface area contributed by atoms with Gasteiger partial charge in [-0.25, -0.2) is 15.0 Å². The van der Waals surface area contributed by atoms with Gasteiger partial charge in [-0.3, -0.25) is 4.79 Å². The number of anilines is 2. The zero-order valence-corrected chi connectivity index (χ0v) is 18.9. The van der Waals surface area contributed by atoms with Gasteiger partial charge in [-0.2, -0.15) is 5.01 Å². The predicted molar refractivity (Wildman–Crippen MR) is 127 cm³/mol. The fraction of sp³-hybridized carbons (Fsp3) is 0.240. The molecule has 0 unspecified atom stereocenters. The first-order valence-electron chi connectivity index (χ1n) is 10.8. The van der Waals surface area contributed by atoms with E-state index in [0.29, 0.717) is 28.7 Å². The van der Waals surface area contributed by atoms with Crippen molar-refractivity contribution in [2.45, 2.75) is 27.2 Å². The molecular weight excluding hydrogens is 422 g/mol. The van der Waals surface area contributed by atoms with Crippen molar-refractivity contribution in [2.75, 3.05) is 23.5 Å². The largest absolute Gasteiger partial charge is 0.449 e. The molecule has 0 aliphatic heterocycles. The standard InChI is InChI=1S/C25H27N3O5/c1-4-17-13-10-14-19-20(26-23(29)18-11-8-7-9-12-18)15-16-21(22(17)19)28(25(31)33-6-3)27-24(30)32-5-2/h7-16H,4-6H2,1-3H3,(H,26,29)(H,27,30). The number of carbonyl (C=O) groups excluding carboxylic acids is 3. The van der Waals surface area contributed by atoms with Crippen LogP contribution in [0, 0.1) is 0 Å². The minimum Gasteiger partial charge on any atom is -0.449 e. The summed E-state index contributed by atoms with van der Waals surface area (Å²) in [5.74, 6) is -0.251. The SMILES string of the molecule is CCOC(=O)NN(C(=O)OCC)c1ccc(NC(=O)c2ccccc2)c2cccc(CC)c12. The normalized spacial score (nSPS) is 10.4. The summed E-state index contributed by atoms with van der Waals surface area (Å²) in [5.41, 5.74) is 4.90. The predicted octanol–water partition coefficient (Wildman–Crippen LogP) is 5.28. The van der Waals surface area contributed by atoms with Crippen LogP contribution in [0.5, 0.6) is 0 Å². The van der Waals surface area contributed by atoms with Crippen molar-refractivity contribution in [3.8, 4) is 0 Å². The Kier molecular flexibility index (Phi) is 7.86. The van der Waals surface area contributed by atoms with Crippen LogP contribution in [-0.2, 0) is 15.9 Å². The summed E-state index contributed by atoms with van der Waals surface area (Å²) >= 11 is 0. The molecule has 8 heteroatoms. The number of hydrogen-bond acceptors (Lipinski definition) is 5. The molecule has 0 aromatic heterocycles. The summed E-state index contributed by atoms with van der Waals surface area (Å²) < 4.78 is 10.1. The van der Waals surface area contributed by atoms with Gasteiger partial charge in [-0.1, -0.05) is 43.3 Å². The lowest BCUT2D eigenvalue weighted by atomic mass is 9.99. The second kappa shape index (κ2) is 11.0. The summed E-state index contributed by atoms with van der Waals surface area (Å²) in [7, 11) is 0. The zero-order chi connectivity index (χ0) is 23.8. The molecule has 0 heterocycles. The molecule has 33 heavy (non-hydrogen) atoms. The molecular formula is C25H27N3O5. The molecule has 3 aromatic carbocycles. The number of aryl methyl sites for hydroxylation is 1. The fourth-order valence-electron chi connectivity index (χ4n) is 3.48. The van der Waals surface area contributed by atoms with Crippen molar-refractivity contribution >= 4 is 40.2 Å². The lowest BCUT2D eigenvalue weighted by Gasteiger charge is -2.25. The van der Waals surface area contributed by atoms with Crippen LogP contribution in [0.3, 0.4) is 0 Å². The number of carbonyl (C=O) groups is 3. The van der Waals surface area contributed by atoms with Gasteiger partial charge < -0.3 is 14.8 Å². The summed E-state index contributed by atoms with van der Waals surface area (Å²) in [6.45, 7) is 5.61. The molecule has 3 rings (SSSR count). The van der Waals surface area contributed by atoms with Crippen molar-refractivity contribution in [2.24, 2.45) is 0 Å². The first-order valence-corrected chi connectivity index (χ1v) is 10.8. The van der Waals surface area contributed by atoms with E-state index in [4.69, 9.17) is 9.47 Å². The Labute approximate surface area is 192 Å². The van der Waals surface area contributed by atoms with E-state index in [1.807, 2.05) is 31.2 Å². The number of nitrogens with one attached hydrogen (secondary N) is 2. The molecule has 0 spiro atoms. The van der Waals surface area contributed by atoms with Gasteiger partial charge in [-0.05, 0) is 50.1 Å². The van der Waals surface area contributed by atoms with Gasteiger partial charge in [0, 0.05) is 22.0 Å². The Bertz CT molecular complexity index is 1150. The minimum absolute atomic E-state index is 0.129. The molecule has 8 nitrogen and oxygen atoms in total. The zero-order valence-electron chi connectivity index (χ0n) is 18.9. The van der Waals surface area contributed by atoms with Gasteiger partial charge in [0.15, 0.2) is 0 Å². The molecule has 0 aliphatic carbocycles. The van der Waals surface area contributed by atoms with E-state index in [1.165, 1.54) is 0 Å². The van der Waals surface area contributed by atoms with Crippen molar-refractivity contribution in [3.05, 3.63) is 71.8 Å². The van der Waals surface area contributed by atoms with Crippen LogP contribution >= 0.6 is 0 Å². The quantitative estimate of drug-likeness (QED) is 0.499. The van der Waals surface area contributed by atoms with Crippen LogP contribution in [0.25, 0.3) is 10.8 Å². The van der Waals surface area contributed by atoms with Crippen molar-refractivity contribution < 1.29 is 23.9 Å². The highest BCUT2D eigenvalue weighted by molar-refractivity contribution is 6.13. The van der Waals surface area contributed by atoms with Gasteiger partial charge in [0.05, 0.1) is 18.9 Å². The van der Waals surface area contributed by atoms with E-state index in [0.717, 1.165) is 16.0 Å². The van der Waals surface area contributed by atoms with Crippen LogP contribution in [-0.4, -0.2) is 31.3 Å². The minimum atomic E-state index is -0.783. The maximum absolute atomic E-state index is 12.8. The van der Waals surface area contributed by atoms with E-state index in [-0.39, 0.29) is 19.1 Å². The molecule has 0 radical (unpaired) electrons. The van der Waals surface area contributed by atoms with Crippen LogP contribution in [0.4, 0.5) is 21.0 Å². The third kappa shape index (κ3) is 5.41. The monoisotopic (exact) mass is 449 g/mol. The highest BCUT2D eigenvalue weighted by atomic mass is 16.6. The highest BCUT2D eigenvalue weighted by Gasteiger charge is 2.24. The van der Waals surface area contributed by atoms with Crippen molar-refractivity contribution in [3.63, 3.8) is 0 Å². The molecule has 0 fully saturated rings. The molecule has 0 saturated heterocycles. The number of rotatable bonds is 6.